The van der Waals surface area contributed by atoms with Crippen LogP contribution in [0.2, 0.25) is 4.34 Å². The molecule has 1 saturated heterocycles. The summed E-state index contributed by atoms with van der Waals surface area (Å²) in [7, 11) is 0. The van der Waals surface area contributed by atoms with E-state index in [0.29, 0.717) is 12.1 Å². The van der Waals surface area contributed by atoms with Crippen molar-refractivity contribution in [2.75, 3.05) is 13.2 Å². The number of thiophene rings is 1. The van der Waals surface area contributed by atoms with Gasteiger partial charge >= 0.3 is 0 Å². The maximum absolute atomic E-state index is 5.90. The van der Waals surface area contributed by atoms with Crippen LogP contribution in [0.1, 0.15) is 30.7 Å². The molecule has 2 heterocycles. The molecular weight excluding hydrogens is 230 g/mol. The molecule has 1 N–H and O–H groups in total. The molecule has 2 unspecified atom stereocenters. The van der Waals surface area contributed by atoms with Gasteiger partial charge in [-0.1, -0.05) is 11.6 Å². The van der Waals surface area contributed by atoms with Crippen molar-refractivity contribution in [2.45, 2.75) is 31.9 Å². The summed E-state index contributed by atoms with van der Waals surface area (Å²) < 4.78 is 6.42. The largest absolute Gasteiger partial charge is 0.377 e. The monoisotopic (exact) mass is 245 g/mol. The van der Waals surface area contributed by atoms with Crippen molar-refractivity contribution < 1.29 is 4.74 Å². The molecule has 1 aliphatic heterocycles. The Balaban J connectivity index is 1.79. The Morgan fingerprint density at radius 3 is 3.13 bits per heavy atom. The molecular formula is C11H16ClNOS. The first kappa shape index (κ1) is 11.4. The Hall–Kier alpha value is -0.0900. The van der Waals surface area contributed by atoms with Crippen LogP contribution in [0.4, 0.5) is 0 Å². The smallest absolute Gasteiger partial charge is 0.0931 e. The van der Waals surface area contributed by atoms with E-state index in [0.717, 1.165) is 17.5 Å². The number of rotatable bonds is 4. The van der Waals surface area contributed by atoms with Gasteiger partial charge in [-0.2, -0.15) is 0 Å². The number of halogens is 1. The lowest BCUT2D eigenvalue weighted by Gasteiger charge is -2.15. The molecule has 1 aromatic heterocycles. The van der Waals surface area contributed by atoms with E-state index in [1.165, 1.54) is 17.7 Å². The highest BCUT2D eigenvalue weighted by Crippen LogP contribution is 2.26. The van der Waals surface area contributed by atoms with Crippen molar-refractivity contribution in [1.29, 1.82) is 0 Å². The van der Waals surface area contributed by atoms with Gasteiger partial charge in [0, 0.05) is 24.1 Å². The van der Waals surface area contributed by atoms with Gasteiger partial charge in [0.15, 0.2) is 0 Å². The van der Waals surface area contributed by atoms with Crippen LogP contribution in [0.25, 0.3) is 0 Å². The molecule has 0 amide bonds. The van der Waals surface area contributed by atoms with E-state index in [2.05, 4.69) is 18.3 Å². The number of nitrogens with one attached hydrogen (secondary N) is 1. The van der Waals surface area contributed by atoms with Crippen molar-refractivity contribution in [3.8, 4) is 0 Å². The zero-order chi connectivity index (χ0) is 10.7. The first-order chi connectivity index (χ1) is 7.25. The summed E-state index contributed by atoms with van der Waals surface area (Å²) in [4.78, 5) is 1.29. The van der Waals surface area contributed by atoms with E-state index < -0.39 is 0 Å². The molecule has 1 aliphatic rings. The fourth-order valence-corrected chi connectivity index (χ4v) is 2.86. The number of ether oxygens (including phenoxy) is 1. The highest BCUT2D eigenvalue weighted by molar-refractivity contribution is 7.16. The SMILES string of the molecule is CC(NCC1CCCO1)c1ccc(Cl)s1. The van der Waals surface area contributed by atoms with Gasteiger partial charge in [-0.3, -0.25) is 0 Å². The van der Waals surface area contributed by atoms with Gasteiger partial charge in [-0.25, -0.2) is 0 Å². The van der Waals surface area contributed by atoms with Gasteiger partial charge in [0.25, 0.3) is 0 Å². The summed E-state index contributed by atoms with van der Waals surface area (Å²) in [5.74, 6) is 0. The third-order valence-corrected chi connectivity index (χ3v) is 4.11. The second kappa shape index (κ2) is 5.30. The third-order valence-electron chi connectivity index (χ3n) is 2.70. The van der Waals surface area contributed by atoms with E-state index in [-0.39, 0.29) is 0 Å². The number of hydrogen-bond acceptors (Lipinski definition) is 3. The Morgan fingerprint density at radius 1 is 1.67 bits per heavy atom. The topological polar surface area (TPSA) is 21.3 Å². The van der Waals surface area contributed by atoms with Gasteiger partial charge in [0.1, 0.15) is 0 Å². The van der Waals surface area contributed by atoms with Crippen LogP contribution < -0.4 is 5.32 Å². The summed E-state index contributed by atoms with van der Waals surface area (Å²) in [5, 5.41) is 3.48. The van der Waals surface area contributed by atoms with Crippen LogP contribution in [0, 0.1) is 0 Å². The molecule has 84 valence electrons. The quantitative estimate of drug-likeness (QED) is 0.880. The van der Waals surface area contributed by atoms with Gasteiger partial charge in [0.2, 0.25) is 0 Å². The van der Waals surface area contributed by atoms with Crippen LogP contribution in [0.5, 0.6) is 0 Å². The van der Waals surface area contributed by atoms with Crippen molar-refractivity contribution in [2.24, 2.45) is 0 Å². The van der Waals surface area contributed by atoms with E-state index >= 15 is 0 Å². The first-order valence-corrected chi connectivity index (χ1v) is 6.55. The van der Waals surface area contributed by atoms with Crippen LogP contribution in [0.3, 0.4) is 0 Å². The van der Waals surface area contributed by atoms with E-state index in [1.54, 1.807) is 11.3 Å². The highest BCUT2D eigenvalue weighted by atomic mass is 35.5. The molecule has 1 fully saturated rings. The van der Waals surface area contributed by atoms with Crippen LogP contribution in [-0.4, -0.2) is 19.3 Å². The molecule has 1 aromatic rings. The van der Waals surface area contributed by atoms with Crippen LogP contribution >= 0.6 is 22.9 Å². The van der Waals surface area contributed by atoms with E-state index in [4.69, 9.17) is 16.3 Å². The highest BCUT2D eigenvalue weighted by Gasteiger charge is 2.16. The van der Waals surface area contributed by atoms with E-state index in [9.17, 15) is 0 Å². The van der Waals surface area contributed by atoms with Crippen LogP contribution in [0.15, 0.2) is 12.1 Å². The third kappa shape index (κ3) is 3.18. The van der Waals surface area contributed by atoms with Gasteiger partial charge < -0.3 is 10.1 Å². The average Bonchev–Trinajstić information content (AvgIpc) is 2.84. The lowest BCUT2D eigenvalue weighted by molar-refractivity contribution is 0.108. The van der Waals surface area contributed by atoms with Crippen molar-refractivity contribution in [3.63, 3.8) is 0 Å². The zero-order valence-corrected chi connectivity index (χ0v) is 10.4. The Kier molecular flexibility index (Phi) is 4.03. The van der Waals surface area contributed by atoms with Gasteiger partial charge in [-0.05, 0) is 31.9 Å². The molecule has 2 atom stereocenters. The number of hydrogen-bond donors (Lipinski definition) is 1. The van der Waals surface area contributed by atoms with Crippen molar-refractivity contribution >= 4 is 22.9 Å². The lowest BCUT2D eigenvalue weighted by Crippen LogP contribution is -2.28. The standard InChI is InChI=1S/C11H16ClNOS/c1-8(10-4-5-11(12)15-10)13-7-9-3-2-6-14-9/h4-5,8-9,13H,2-3,6-7H2,1H3. The maximum atomic E-state index is 5.90. The molecule has 4 heteroatoms. The summed E-state index contributed by atoms with van der Waals surface area (Å²) in [6.45, 7) is 4.03. The predicted molar refractivity (Wildman–Crippen MR) is 64.7 cm³/mol. The Morgan fingerprint density at radius 2 is 2.53 bits per heavy atom. The molecule has 0 saturated carbocycles. The molecule has 2 rings (SSSR count). The molecule has 0 radical (unpaired) electrons. The minimum atomic E-state index is 0.367. The summed E-state index contributed by atoms with van der Waals surface area (Å²) in [6, 6.07) is 4.40. The molecule has 0 aliphatic carbocycles. The van der Waals surface area contributed by atoms with Crippen LogP contribution in [-0.2, 0) is 4.74 Å². The molecule has 15 heavy (non-hydrogen) atoms. The lowest BCUT2D eigenvalue weighted by atomic mass is 10.2. The van der Waals surface area contributed by atoms with Gasteiger partial charge in [-0.15, -0.1) is 11.3 Å². The van der Waals surface area contributed by atoms with Crippen molar-refractivity contribution in [1.82, 2.24) is 5.32 Å². The molecule has 0 aromatic carbocycles. The zero-order valence-electron chi connectivity index (χ0n) is 8.83. The average molecular weight is 246 g/mol. The fourth-order valence-electron chi connectivity index (χ4n) is 1.78. The summed E-state index contributed by atoms with van der Waals surface area (Å²) in [6.07, 6.45) is 2.79. The van der Waals surface area contributed by atoms with Gasteiger partial charge in [0.05, 0.1) is 10.4 Å². The van der Waals surface area contributed by atoms with Crippen molar-refractivity contribution in [3.05, 3.63) is 21.3 Å². The second-order valence-corrected chi connectivity index (χ2v) is 5.65. The molecule has 0 spiro atoms. The Labute approximate surface area is 99.6 Å². The normalized spacial score (nSPS) is 23.2. The summed E-state index contributed by atoms with van der Waals surface area (Å²) >= 11 is 7.54. The minimum absolute atomic E-state index is 0.367. The second-order valence-electron chi connectivity index (χ2n) is 3.91. The maximum Gasteiger partial charge on any atom is 0.0931 e. The van der Waals surface area contributed by atoms with E-state index in [1.807, 2.05) is 6.07 Å². The summed E-state index contributed by atoms with van der Waals surface area (Å²) in [5.41, 5.74) is 0. The Bertz CT molecular complexity index is 309. The first-order valence-electron chi connectivity index (χ1n) is 5.36. The predicted octanol–water partition coefficient (Wildman–Crippen LogP) is 3.23. The molecule has 2 nitrogen and oxygen atoms in total. The molecule has 0 bridgehead atoms. The fraction of sp³-hybridized carbons (Fsp3) is 0.636. The minimum Gasteiger partial charge on any atom is -0.377 e.